The van der Waals surface area contributed by atoms with E-state index < -0.39 is 0 Å². The number of nitrogens with zero attached hydrogens (tertiary/aromatic N) is 2. The molecule has 1 heterocycles. The van der Waals surface area contributed by atoms with Crippen molar-refractivity contribution < 1.29 is 14.3 Å². The Morgan fingerprint density at radius 3 is 2.89 bits per heavy atom. The molecule has 1 aromatic heterocycles. The molecule has 0 radical (unpaired) electrons. The maximum Gasteiger partial charge on any atom is 0.217 e. The maximum atomic E-state index is 12.2. The Labute approximate surface area is 109 Å². The van der Waals surface area contributed by atoms with Crippen molar-refractivity contribution in [2.24, 2.45) is 0 Å². The van der Waals surface area contributed by atoms with Crippen LogP contribution in [0.5, 0.6) is 5.75 Å². The number of aromatic nitrogens is 2. The summed E-state index contributed by atoms with van der Waals surface area (Å²) in [6, 6.07) is 7.07. The number of benzene rings is 1. The number of hydrogen-bond donors (Lipinski definition) is 0. The van der Waals surface area contributed by atoms with E-state index in [-0.39, 0.29) is 5.78 Å². The first-order valence-corrected chi connectivity index (χ1v) is 6.19. The Balaban J connectivity index is 2.19. The van der Waals surface area contributed by atoms with E-state index in [0.717, 1.165) is 11.5 Å². The smallest absolute Gasteiger partial charge is 0.217 e. The van der Waals surface area contributed by atoms with Gasteiger partial charge in [-0.3, -0.25) is 4.79 Å². The molecule has 2 aromatic rings. The Hall–Kier alpha value is -1.79. The molecule has 0 amide bonds. The molecule has 94 valence electrons. The molecule has 0 bridgehead atoms. The van der Waals surface area contributed by atoms with Crippen LogP contribution in [0.25, 0.3) is 0 Å². The summed E-state index contributed by atoms with van der Waals surface area (Å²) in [5, 5.41) is 5.39. The van der Waals surface area contributed by atoms with Gasteiger partial charge < -0.3 is 9.47 Å². The number of rotatable bonds is 6. The van der Waals surface area contributed by atoms with E-state index in [1.807, 2.05) is 6.07 Å². The normalized spacial score (nSPS) is 10.3. The summed E-state index contributed by atoms with van der Waals surface area (Å²) >= 11 is 1.15. The average Bonchev–Trinajstić information content (AvgIpc) is 2.93. The molecule has 1 aromatic carbocycles. The van der Waals surface area contributed by atoms with Crippen LogP contribution in [0.2, 0.25) is 0 Å². The molecule has 2 rings (SSSR count). The third kappa shape index (κ3) is 2.91. The van der Waals surface area contributed by atoms with E-state index in [2.05, 4.69) is 9.59 Å². The molecular formula is C12H12N2O3S. The van der Waals surface area contributed by atoms with Gasteiger partial charge in [0.05, 0.1) is 12.2 Å². The van der Waals surface area contributed by atoms with Gasteiger partial charge in [0, 0.05) is 12.5 Å². The minimum atomic E-state index is -0.184. The molecule has 6 heteroatoms. The lowest BCUT2D eigenvalue weighted by molar-refractivity contribution is 0.102. The van der Waals surface area contributed by atoms with Crippen molar-refractivity contribution >= 4 is 17.3 Å². The molecule has 0 spiro atoms. The third-order valence-electron chi connectivity index (χ3n) is 2.27. The van der Waals surface area contributed by atoms with Crippen LogP contribution < -0.4 is 4.74 Å². The van der Waals surface area contributed by atoms with E-state index >= 15 is 0 Å². The highest BCUT2D eigenvalue weighted by Crippen LogP contribution is 2.21. The molecule has 0 aliphatic heterocycles. The number of carbonyl (C=O) groups is 1. The lowest BCUT2D eigenvalue weighted by Crippen LogP contribution is -2.09. The fraction of sp³-hybridized carbons (Fsp3) is 0.250. The zero-order chi connectivity index (χ0) is 12.8. The first-order chi connectivity index (χ1) is 8.83. The first-order valence-electron chi connectivity index (χ1n) is 5.35. The molecule has 0 fully saturated rings. The monoisotopic (exact) mass is 264 g/mol. The summed E-state index contributed by atoms with van der Waals surface area (Å²) in [4.78, 5) is 12.2. The summed E-state index contributed by atoms with van der Waals surface area (Å²) in [5.41, 5.74) is 0.823. The third-order valence-corrected chi connectivity index (χ3v) is 2.77. The van der Waals surface area contributed by atoms with E-state index in [1.54, 1.807) is 30.7 Å². The summed E-state index contributed by atoms with van der Waals surface area (Å²) < 4.78 is 14.1. The fourth-order valence-electron chi connectivity index (χ4n) is 1.42. The summed E-state index contributed by atoms with van der Waals surface area (Å²) in [6.45, 7) is 0.872. The number of ether oxygens (including phenoxy) is 2. The van der Waals surface area contributed by atoms with Gasteiger partial charge in [0.1, 0.15) is 18.1 Å². The number of methoxy groups -OCH3 is 1. The van der Waals surface area contributed by atoms with Gasteiger partial charge in [-0.25, -0.2) is 0 Å². The molecule has 0 aliphatic rings. The molecule has 5 nitrogen and oxygen atoms in total. The first kappa shape index (κ1) is 12.7. The van der Waals surface area contributed by atoms with Gasteiger partial charge in [0.2, 0.25) is 5.78 Å². The predicted molar refractivity (Wildman–Crippen MR) is 67.2 cm³/mol. The largest absolute Gasteiger partial charge is 0.490 e. The minimum absolute atomic E-state index is 0.184. The molecule has 0 atom stereocenters. The van der Waals surface area contributed by atoms with Crippen LogP contribution in [0.3, 0.4) is 0 Å². The van der Waals surface area contributed by atoms with Crippen LogP contribution in [0, 0.1) is 0 Å². The molecular weight excluding hydrogens is 252 g/mol. The highest BCUT2D eigenvalue weighted by atomic mass is 32.1. The van der Waals surface area contributed by atoms with Crippen molar-refractivity contribution in [2.75, 3.05) is 20.3 Å². The van der Waals surface area contributed by atoms with Crippen LogP contribution in [-0.4, -0.2) is 35.7 Å². The second-order valence-electron chi connectivity index (χ2n) is 3.46. The van der Waals surface area contributed by atoms with Crippen molar-refractivity contribution in [3.63, 3.8) is 0 Å². The van der Waals surface area contributed by atoms with Crippen molar-refractivity contribution in [1.82, 2.24) is 9.59 Å². The SMILES string of the molecule is COCCOc1ccccc1C(=O)c1csnn1. The second kappa shape index (κ2) is 6.23. The Morgan fingerprint density at radius 2 is 2.17 bits per heavy atom. The number of carbonyl (C=O) groups excluding carboxylic acids is 1. The van der Waals surface area contributed by atoms with Gasteiger partial charge in [-0.05, 0) is 23.7 Å². The quantitative estimate of drug-likeness (QED) is 0.588. The van der Waals surface area contributed by atoms with Gasteiger partial charge in [0.15, 0.2) is 0 Å². The van der Waals surface area contributed by atoms with Gasteiger partial charge in [-0.2, -0.15) is 0 Å². The molecule has 0 N–H and O–H groups in total. The van der Waals surface area contributed by atoms with Gasteiger partial charge in [-0.1, -0.05) is 16.6 Å². The van der Waals surface area contributed by atoms with Gasteiger partial charge in [-0.15, -0.1) is 5.10 Å². The number of para-hydroxylation sites is 1. The van der Waals surface area contributed by atoms with Crippen molar-refractivity contribution in [1.29, 1.82) is 0 Å². The number of ketones is 1. The summed E-state index contributed by atoms with van der Waals surface area (Å²) in [7, 11) is 1.60. The van der Waals surface area contributed by atoms with Crippen LogP contribution in [0.4, 0.5) is 0 Å². The van der Waals surface area contributed by atoms with Crippen molar-refractivity contribution in [2.45, 2.75) is 0 Å². The lowest BCUT2D eigenvalue weighted by atomic mass is 10.1. The van der Waals surface area contributed by atoms with E-state index in [1.165, 1.54) is 0 Å². The molecule has 0 saturated heterocycles. The maximum absolute atomic E-state index is 12.2. The zero-order valence-electron chi connectivity index (χ0n) is 9.83. The Bertz CT molecular complexity index is 514. The van der Waals surface area contributed by atoms with Crippen LogP contribution in [-0.2, 0) is 4.74 Å². The molecule has 0 aliphatic carbocycles. The van der Waals surface area contributed by atoms with E-state index in [9.17, 15) is 4.79 Å². The average molecular weight is 264 g/mol. The fourth-order valence-corrected chi connectivity index (χ4v) is 1.85. The molecule has 18 heavy (non-hydrogen) atoms. The topological polar surface area (TPSA) is 61.3 Å². The second-order valence-corrected chi connectivity index (χ2v) is 4.07. The highest BCUT2D eigenvalue weighted by molar-refractivity contribution is 7.03. The van der Waals surface area contributed by atoms with Crippen molar-refractivity contribution in [3.05, 3.63) is 40.9 Å². The van der Waals surface area contributed by atoms with Crippen LogP contribution in [0.1, 0.15) is 16.1 Å². The standard InChI is InChI=1S/C12H12N2O3S/c1-16-6-7-17-11-5-3-2-4-9(11)12(15)10-8-18-14-13-10/h2-5,8H,6-7H2,1H3. The summed E-state index contributed by atoms with van der Waals surface area (Å²) in [6.07, 6.45) is 0. The highest BCUT2D eigenvalue weighted by Gasteiger charge is 2.16. The van der Waals surface area contributed by atoms with Crippen molar-refractivity contribution in [3.8, 4) is 5.75 Å². The lowest BCUT2D eigenvalue weighted by Gasteiger charge is -2.09. The van der Waals surface area contributed by atoms with E-state index in [0.29, 0.717) is 30.2 Å². The van der Waals surface area contributed by atoms with Crippen LogP contribution in [0.15, 0.2) is 29.6 Å². The molecule has 0 unspecified atom stereocenters. The molecule has 0 saturated carbocycles. The van der Waals surface area contributed by atoms with E-state index in [4.69, 9.17) is 9.47 Å². The Kier molecular flexibility index (Phi) is 4.38. The Morgan fingerprint density at radius 1 is 1.33 bits per heavy atom. The number of hydrogen-bond acceptors (Lipinski definition) is 6. The minimum Gasteiger partial charge on any atom is -0.490 e. The van der Waals surface area contributed by atoms with Gasteiger partial charge >= 0.3 is 0 Å². The van der Waals surface area contributed by atoms with Gasteiger partial charge in [0.25, 0.3) is 0 Å². The zero-order valence-corrected chi connectivity index (χ0v) is 10.6. The van der Waals surface area contributed by atoms with Crippen LogP contribution >= 0.6 is 11.5 Å². The summed E-state index contributed by atoms with van der Waals surface area (Å²) in [5.74, 6) is 0.351. The predicted octanol–water partition coefficient (Wildman–Crippen LogP) is 1.79.